The summed E-state index contributed by atoms with van der Waals surface area (Å²) in [6, 6.07) is 18.8. The first-order valence-electron chi connectivity index (χ1n) is 11.2. The van der Waals surface area contributed by atoms with E-state index in [1.807, 2.05) is 60.5 Å². The quantitative estimate of drug-likeness (QED) is 0.485. The van der Waals surface area contributed by atoms with Crippen molar-refractivity contribution in [3.63, 3.8) is 0 Å². The van der Waals surface area contributed by atoms with Crippen LogP contribution in [-0.2, 0) is 22.4 Å². The van der Waals surface area contributed by atoms with Crippen molar-refractivity contribution in [2.45, 2.75) is 25.9 Å². The van der Waals surface area contributed by atoms with Gasteiger partial charge in [-0.1, -0.05) is 36.4 Å². The number of ether oxygens (including phenoxy) is 1. The van der Waals surface area contributed by atoms with Crippen LogP contribution in [0.5, 0.6) is 0 Å². The fraction of sp³-hybridized carbons (Fsp3) is 0.259. The highest BCUT2D eigenvalue weighted by atomic mass is 19.1. The van der Waals surface area contributed by atoms with Gasteiger partial charge < -0.3 is 14.6 Å². The molecule has 5 rings (SSSR count). The average molecular weight is 444 g/mol. The minimum absolute atomic E-state index is 0.0762. The Bertz CT molecular complexity index is 1300. The number of pyridine rings is 1. The molecule has 1 saturated heterocycles. The summed E-state index contributed by atoms with van der Waals surface area (Å²) in [4.78, 5) is 22.9. The average Bonchev–Trinajstić information content (AvgIpc) is 3.23. The number of hydrogen-bond donors (Lipinski definition) is 1. The normalized spacial score (nSPS) is 16.3. The minimum Gasteiger partial charge on any atom is -0.368 e. The molecule has 2 aromatic carbocycles. The molecule has 5 nitrogen and oxygen atoms in total. The molecule has 0 aliphatic carbocycles. The molecule has 0 saturated carbocycles. The van der Waals surface area contributed by atoms with Gasteiger partial charge in [-0.25, -0.2) is 4.39 Å². The van der Waals surface area contributed by atoms with Crippen molar-refractivity contribution in [3.8, 4) is 0 Å². The number of fused-ring (bicyclic) bond motifs is 1. The maximum atomic E-state index is 14.1. The van der Waals surface area contributed by atoms with Gasteiger partial charge in [0.05, 0.1) is 25.3 Å². The Morgan fingerprint density at radius 2 is 1.97 bits per heavy atom. The summed E-state index contributed by atoms with van der Waals surface area (Å²) in [6.45, 7) is 3.40. The molecule has 33 heavy (non-hydrogen) atoms. The molecule has 4 aromatic rings. The number of H-pyrrole nitrogens is 1. The summed E-state index contributed by atoms with van der Waals surface area (Å²) < 4.78 is 20.1. The monoisotopic (exact) mass is 443 g/mol. The molecule has 6 heteroatoms. The molecule has 0 radical (unpaired) electrons. The lowest BCUT2D eigenvalue weighted by atomic mass is 10.0. The van der Waals surface area contributed by atoms with E-state index >= 15 is 0 Å². The van der Waals surface area contributed by atoms with Crippen molar-refractivity contribution in [1.29, 1.82) is 0 Å². The lowest BCUT2D eigenvalue weighted by Gasteiger charge is -2.33. The summed E-state index contributed by atoms with van der Waals surface area (Å²) in [6.07, 6.45) is 2.44. The number of nitrogens with one attached hydrogen (secondary N) is 1. The fourth-order valence-electron chi connectivity index (χ4n) is 4.50. The smallest absolute Gasteiger partial charge is 0.227 e. The molecule has 168 valence electrons. The van der Waals surface area contributed by atoms with Gasteiger partial charge >= 0.3 is 0 Å². The van der Waals surface area contributed by atoms with Crippen molar-refractivity contribution in [3.05, 3.63) is 101 Å². The van der Waals surface area contributed by atoms with Crippen LogP contribution in [0, 0.1) is 12.7 Å². The molecule has 1 amide bonds. The van der Waals surface area contributed by atoms with Crippen LogP contribution >= 0.6 is 0 Å². The summed E-state index contributed by atoms with van der Waals surface area (Å²) >= 11 is 0. The first kappa shape index (κ1) is 21.3. The number of rotatable bonds is 5. The first-order chi connectivity index (χ1) is 16.1. The highest BCUT2D eigenvalue weighted by molar-refractivity contribution is 5.88. The van der Waals surface area contributed by atoms with Crippen molar-refractivity contribution in [2.24, 2.45) is 0 Å². The number of aromatic nitrogens is 2. The fourth-order valence-corrected chi connectivity index (χ4v) is 4.50. The van der Waals surface area contributed by atoms with Crippen LogP contribution in [0.15, 0.2) is 66.9 Å². The topological polar surface area (TPSA) is 58.2 Å². The van der Waals surface area contributed by atoms with Crippen molar-refractivity contribution < 1.29 is 13.9 Å². The molecular formula is C27H26FN3O2. The third-order valence-electron chi connectivity index (χ3n) is 6.15. The third-order valence-corrected chi connectivity index (χ3v) is 6.15. The molecule has 3 heterocycles. The Morgan fingerprint density at radius 1 is 1.15 bits per heavy atom. The number of morpholine rings is 1. The summed E-state index contributed by atoms with van der Waals surface area (Å²) in [5, 5.41) is 1.08. The van der Waals surface area contributed by atoms with E-state index in [4.69, 9.17) is 4.74 Å². The zero-order chi connectivity index (χ0) is 22.8. The van der Waals surface area contributed by atoms with E-state index in [2.05, 4.69) is 9.97 Å². The number of carbonyl (C=O) groups excluding carboxylic acids is 1. The number of aryl methyl sites for hydroxylation is 1. The van der Waals surface area contributed by atoms with Crippen LogP contribution in [0.4, 0.5) is 4.39 Å². The highest BCUT2D eigenvalue weighted by Gasteiger charge is 2.27. The Kier molecular flexibility index (Phi) is 5.92. The van der Waals surface area contributed by atoms with E-state index in [-0.39, 0.29) is 17.8 Å². The van der Waals surface area contributed by atoms with Crippen LogP contribution in [0.2, 0.25) is 0 Å². The van der Waals surface area contributed by atoms with Gasteiger partial charge in [-0.2, -0.15) is 0 Å². The van der Waals surface area contributed by atoms with Crippen molar-refractivity contribution in [1.82, 2.24) is 14.9 Å². The summed E-state index contributed by atoms with van der Waals surface area (Å²) in [5.74, 6) is -0.135. The van der Waals surface area contributed by atoms with Gasteiger partial charge in [0.1, 0.15) is 11.9 Å². The minimum atomic E-state index is -0.301. The zero-order valence-corrected chi connectivity index (χ0v) is 18.6. The van der Waals surface area contributed by atoms with Gasteiger partial charge in [-0.15, -0.1) is 0 Å². The number of para-hydroxylation sites is 1. The van der Waals surface area contributed by atoms with E-state index in [0.29, 0.717) is 38.1 Å². The van der Waals surface area contributed by atoms with Crippen LogP contribution < -0.4 is 0 Å². The number of halogens is 1. The molecule has 1 aliphatic rings. The Labute approximate surface area is 192 Å². The Hall–Kier alpha value is -3.51. The van der Waals surface area contributed by atoms with Crippen molar-refractivity contribution >= 4 is 16.8 Å². The van der Waals surface area contributed by atoms with Crippen LogP contribution in [0.1, 0.15) is 34.2 Å². The highest BCUT2D eigenvalue weighted by Crippen LogP contribution is 2.25. The predicted octanol–water partition coefficient (Wildman–Crippen LogP) is 4.74. The van der Waals surface area contributed by atoms with Gasteiger partial charge in [0.2, 0.25) is 5.91 Å². The number of nitrogens with zero attached hydrogens (tertiary/aromatic N) is 2. The molecule has 1 N–H and O–H groups in total. The standard InChI is InChI=1S/C27H26FN3O2/c1-18-12-19(13-20-6-2-4-8-23(20)28)14-25(30-18)26-17-31(10-11-33-26)27(32)15-21-16-29-24-9-5-3-7-22(21)24/h2-9,12,14,16,26,29H,10-11,13,15,17H2,1H3/t26-/m0/s1. The van der Waals surface area contributed by atoms with Gasteiger partial charge in [0.25, 0.3) is 0 Å². The number of carbonyl (C=O) groups is 1. The molecule has 0 spiro atoms. The Balaban J connectivity index is 1.31. The number of benzene rings is 2. The second kappa shape index (κ2) is 9.16. The van der Waals surface area contributed by atoms with E-state index in [9.17, 15) is 9.18 Å². The first-order valence-corrected chi connectivity index (χ1v) is 11.2. The zero-order valence-electron chi connectivity index (χ0n) is 18.6. The van der Waals surface area contributed by atoms with E-state index < -0.39 is 0 Å². The van der Waals surface area contributed by atoms with Gasteiger partial charge in [0.15, 0.2) is 0 Å². The molecule has 1 aliphatic heterocycles. The molecular weight excluding hydrogens is 417 g/mol. The molecule has 2 aromatic heterocycles. The van der Waals surface area contributed by atoms with E-state index in [0.717, 1.165) is 33.4 Å². The van der Waals surface area contributed by atoms with Gasteiger partial charge in [0, 0.05) is 35.8 Å². The van der Waals surface area contributed by atoms with Gasteiger partial charge in [-0.3, -0.25) is 9.78 Å². The lowest BCUT2D eigenvalue weighted by Crippen LogP contribution is -2.43. The van der Waals surface area contributed by atoms with Crippen LogP contribution in [-0.4, -0.2) is 40.5 Å². The van der Waals surface area contributed by atoms with E-state index in [1.165, 1.54) is 6.07 Å². The molecule has 0 bridgehead atoms. The second-order valence-corrected chi connectivity index (χ2v) is 8.55. The molecule has 0 unspecified atom stereocenters. The third kappa shape index (κ3) is 4.66. The van der Waals surface area contributed by atoms with Crippen LogP contribution in [0.25, 0.3) is 10.9 Å². The SMILES string of the molecule is Cc1cc(Cc2ccccc2F)cc([C@@H]2CN(C(=O)Cc3c[nH]c4ccccc34)CCO2)n1. The molecule has 1 atom stereocenters. The predicted molar refractivity (Wildman–Crippen MR) is 125 cm³/mol. The largest absolute Gasteiger partial charge is 0.368 e. The molecule has 1 fully saturated rings. The number of aromatic amines is 1. The van der Waals surface area contributed by atoms with E-state index in [1.54, 1.807) is 12.1 Å². The summed E-state index contributed by atoms with van der Waals surface area (Å²) in [7, 11) is 0. The number of amides is 1. The van der Waals surface area contributed by atoms with Gasteiger partial charge in [-0.05, 0) is 47.9 Å². The second-order valence-electron chi connectivity index (χ2n) is 8.55. The maximum Gasteiger partial charge on any atom is 0.227 e. The summed E-state index contributed by atoms with van der Waals surface area (Å²) in [5.41, 5.74) is 5.30. The van der Waals surface area contributed by atoms with Crippen molar-refractivity contribution in [2.75, 3.05) is 19.7 Å². The Morgan fingerprint density at radius 3 is 2.85 bits per heavy atom. The lowest BCUT2D eigenvalue weighted by molar-refractivity contribution is -0.138. The van der Waals surface area contributed by atoms with Crippen LogP contribution in [0.3, 0.4) is 0 Å². The number of hydrogen-bond acceptors (Lipinski definition) is 3. The maximum absolute atomic E-state index is 14.1.